The lowest BCUT2D eigenvalue weighted by atomic mass is 9.81. The van der Waals surface area contributed by atoms with Gasteiger partial charge in [-0.25, -0.2) is 4.98 Å². The van der Waals surface area contributed by atoms with E-state index in [9.17, 15) is 0 Å². The first-order valence-electron chi connectivity index (χ1n) is 6.70. The molecule has 1 aromatic rings. The Hall–Kier alpha value is -0.800. The van der Waals surface area contributed by atoms with Crippen LogP contribution in [0.15, 0.2) is 12.3 Å². The van der Waals surface area contributed by atoms with Gasteiger partial charge in [0.25, 0.3) is 0 Å². The van der Waals surface area contributed by atoms with E-state index in [0.29, 0.717) is 16.9 Å². The third-order valence-electron chi connectivity index (χ3n) is 3.96. The molecule has 4 heteroatoms. The maximum absolute atomic E-state index is 6.04. The van der Waals surface area contributed by atoms with E-state index in [1.807, 2.05) is 6.07 Å². The maximum atomic E-state index is 6.04. The highest BCUT2D eigenvalue weighted by Gasteiger charge is 2.37. The molecule has 1 aliphatic rings. The van der Waals surface area contributed by atoms with E-state index in [1.54, 1.807) is 6.20 Å². The second-order valence-electron chi connectivity index (χ2n) is 5.54. The van der Waals surface area contributed by atoms with Crippen LogP contribution in [0.3, 0.4) is 0 Å². The number of aromatic nitrogens is 1. The topological polar surface area (TPSA) is 50.9 Å². The zero-order chi connectivity index (χ0) is 13.2. The minimum Gasteiger partial charge on any atom is -0.383 e. The lowest BCUT2D eigenvalue weighted by Gasteiger charge is -2.26. The molecule has 1 aliphatic carbocycles. The molecule has 2 unspecified atom stereocenters. The van der Waals surface area contributed by atoms with Gasteiger partial charge < -0.3 is 11.1 Å². The number of hydrogen-bond donors (Lipinski definition) is 2. The first kappa shape index (κ1) is 13.6. The Morgan fingerprint density at radius 2 is 2.39 bits per heavy atom. The average Bonchev–Trinajstić information content (AvgIpc) is 2.73. The Balaban J connectivity index is 2.15. The molecule has 3 nitrogen and oxygen atoms in total. The molecule has 0 spiro atoms. The van der Waals surface area contributed by atoms with E-state index in [2.05, 4.69) is 24.1 Å². The van der Waals surface area contributed by atoms with Gasteiger partial charge in [0, 0.05) is 17.8 Å². The third kappa shape index (κ3) is 2.78. The van der Waals surface area contributed by atoms with Gasteiger partial charge in [-0.2, -0.15) is 0 Å². The van der Waals surface area contributed by atoms with E-state index in [1.165, 1.54) is 12.8 Å². The lowest BCUT2D eigenvalue weighted by Crippen LogP contribution is -2.30. The molecule has 2 rings (SSSR count). The van der Waals surface area contributed by atoms with Crippen molar-refractivity contribution in [1.82, 2.24) is 10.3 Å². The molecule has 18 heavy (non-hydrogen) atoms. The van der Waals surface area contributed by atoms with Gasteiger partial charge in [-0.15, -0.1) is 0 Å². The van der Waals surface area contributed by atoms with Crippen LogP contribution in [-0.2, 0) is 5.41 Å². The minimum absolute atomic E-state index is 0.105. The van der Waals surface area contributed by atoms with E-state index in [0.717, 1.165) is 24.9 Å². The standard InChI is InChI=1S/C14H22ClN3/c1-3-6-17-11-4-5-14(2,8-11)12-7-10(15)9-18-13(12)16/h7,9,11,17H,3-6,8H2,1-2H3,(H2,16,18). The van der Waals surface area contributed by atoms with E-state index < -0.39 is 0 Å². The van der Waals surface area contributed by atoms with Crippen molar-refractivity contribution in [3.05, 3.63) is 22.8 Å². The van der Waals surface area contributed by atoms with E-state index in [4.69, 9.17) is 17.3 Å². The quantitative estimate of drug-likeness (QED) is 0.881. The van der Waals surface area contributed by atoms with Crippen LogP contribution in [0.4, 0.5) is 5.82 Å². The summed E-state index contributed by atoms with van der Waals surface area (Å²) in [7, 11) is 0. The summed E-state index contributed by atoms with van der Waals surface area (Å²) in [5.74, 6) is 0.623. The van der Waals surface area contributed by atoms with Crippen molar-refractivity contribution in [3.63, 3.8) is 0 Å². The van der Waals surface area contributed by atoms with Crippen molar-refractivity contribution in [3.8, 4) is 0 Å². The predicted octanol–water partition coefficient (Wildman–Crippen LogP) is 3.13. The molecule has 100 valence electrons. The van der Waals surface area contributed by atoms with Crippen molar-refractivity contribution < 1.29 is 0 Å². The summed E-state index contributed by atoms with van der Waals surface area (Å²) in [5.41, 5.74) is 7.22. The summed E-state index contributed by atoms with van der Waals surface area (Å²) >= 11 is 6.04. The van der Waals surface area contributed by atoms with Gasteiger partial charge in [0.15, 0.2) is 0 Å². The molecular formula is C14H22ClN3. The summed E-state index contributed by atoms with van der Waals surface area (Å²) in [5, 5.41) is 4.27. The number of nitrogen functional groups attached to an aromatic ring is 1. The summed E-state index contributed by atoms with van der Waals surface area (Å²) in [6.45, 7) is 5.55. The SMILES string of the molecule is CCCNC1CCC(C)(c2cc(Cl)cnc2N)C1. The van der Waals surface area contributed by atoms with Crippen LogP contribution in [0.2, 0.25) is 5.02 Å². The van der Waals surface area contributed by atoms with Crippen LogP contribution in [0.1, 0.15) is 45.1 Å². The fraction of sp³-hybridized carbons (Fsp3) is 0.643. The Bertz CT molecular complexity index is 422. The van der Waals surface area contributed by atoms with Crippen LogP contribution in [-0.4, -0.2) is 17.6 Å². The van der Waals surface area contributed by atoms with Crippen LogP contribution in [0.5, 0.6) is 0 Å². The normalized spacial score (nSPS) is 27.6. The molecule has 0 bridgehead atoms. The predicted molar refractivity (Wildman–Crippen MR) is 76.9 cm³/mol. The van der Waals surface area contributed by atoms with Crippen LogP contribution < -0.4 is 11.1 Å². The Labute approximate surface area is 114 Å². The second kappa shape index (κ2) is 5.45. The van der Waals surface area contributed by atoms with Gasteiger partial charge >= 0.3 is 0 Å². The van der Waals surface area contributed by atoms with Gasteiger partial charge in [0.05, 0.1) is 5.02 Å². The maximum Gasteiger partial charge on any atom is 0.127 e. The summed E-state index contributed by atoms with van der Waals surface area (Å²) < 4.78 is 0. The molecule has 0 amide bonds. The summed E-state index contributed by atoms with van der Waals surface area (Å²) in [4.78, 5) is 4.18. The first-order chi connectivity index (χ1) is 8.55. The average molecular weight is 268 g/mol. The molecule has 0 aliphatic heterocycles. The Morgan fingerprint density at radius 3 is 3.11 bits per heavy atom. The van der Waals surface area contributed by atoms with Crippen LogP contribution in [0.25, 0.3) is 0 Å². The molecular weight excluding hydrogens is 246 g/mol. The molecule has 0 saturated heterocycles. The van der Waals surface area contributed by atoms with E-state index in [-0.39, 0.29) is 5.41 Å². The van der Waals surface area contributed by atoms with Crippen molar-refractivity contribution in [2.45, 2.75) is 51.0 Å². The number of anilines is 1. The van der Waals surface area contributed by atoms with E-state index >= 15 is 0 Å². The Kier molecular flexibility index (Phi) is 4.13. The first-order valence-corrected chi connectivity index (χ1v) is 7.08. The van der Waals surface area contributed by atoms with Gasteiger partial charge in [0.1, 0.15) is 5.82 Å². The zero-order valence-electron chi connectivity index (χ0n) is 11.2. The lowest BCUT2D eigenvalue weighted by molar-refractivity contribution is 0.453. The molecule has 1 saturated carbocycles. The number of hydrogen-bond acceptors (Lipinski definition) is 3. The van der Waals surface area contributed by atoms with Crippen molar-refractivity contribution in [2.75, 3.05) is 12.3 Å². The van der Waals surface area contributed by atoms with Gasteiger partial charge in [-0.05, 0) is 43.7 Å². The van der Waals surface area contributed by atoms with Gasteiger partial charge in [-0.1, -0.05) is 25.4 Å². The van der Waals surface area contributed by atoms with Gasteiger partial charge in [-0.3, -0.25) is 0 Å². The van der Waals surface area contributed by atoms with Crippen LogP contribution >= 0.6 is 11.6 Å². The third-order valence-corrected chi connectivity index (χ3v) is 4.17. The molecule has 2 atom stereocenters. The number of pyridine rings is 1. The zero-order valence-corrected chi connectivity index (χ0v) is 11.9. The van der Waals surface area contributed by atoms with Gasteiger partial charge in [0.2, 0.25) is 0 Å². The molecule has 3 N–H and O–H groups in total. The molecule has 1 heterocycles. The smallest absolute Gasteiger partial charge is 0.127 e. The highest BCUT2D eigenvalue weighted by atomic mass is 35.5. The van der Waals surface area contributed by atoms with Crippen LogP contribution in [0, 0.1) is 0 Å². The number of halogens is 1. The van der Waals surface area contributed by atoms with Crippen molar-refractivity contribution in [2.24, 2.45) is 0 Å². The fourth-order valence-electron chi connectivity index (χ4n) is 2.94. The molecule has 1 aromatic heterocycles. The summed E-state index contributed by atoms with van der Waals surface area (Å²) in [6.07, 6.45) is 6.24. The highest BCUT2D eigenvalue weighted by Crippen LogP contribution is 2.43. The Morgan fingerprint density at radius 1 is 1.61 bits per heavy atom. The van der Waals surface area contributed by atoms with Crippen molar-refractivity contribution >= 4 is 17.4 Å². The number of rotatable bonds is 4. The summed E-state index contributed by atoms with van der Waals surface area (Å²) in [6, 6.07) is 2.57. The number of nitrogens with one attached hydrogen (secondary N) is 1. The molecule has 1 fully saturated rings. The highest BCUT2D eigenvalue weighted by molar-refractivity contribution is 6.30. The second-order valence-corrected chi connectivity index (χ2v) is 5.98. The largest absolute Gasteiger partial charge is 0.383 e. The molecule has 0 aromatic carbocycles. The number of nitrogens with two attached hydrogens (primary N) is 1. The minimum atomic E-state index is 0.105. The molecule has 0 radical (unpaired) electrons. The number of nitrogens with zero attached hydrogens (tertiary/aromatic N) is 1. The fourth-order valence-corrected chi connectivity index (χ4v) is 3.10. The van der Waals surface area contributed by atoms with Crippen molar-refractivity contribution in [1.29, 1.82) is 0 Å². The monoisotopic (exact) mass is 267 g/mol.